The van der Waals surface area contributed by atoms with E-state index < -0.39 is 11.7 Å². The Labute approximate surface area is 77.7 Å². The predicted octanol–water partition coefficient (Wildman–Crippen LogP) is 1.94. The van der Waals surface area contributed by atoms with E-state index in [0.717, 1.165) is 6.07 Å². The van der Waals surface area contributed by atoms with Gasteiger partial charge in [-0.2, -0.15) is 13.2 Å². The maximum Gasteiger partial charge on any atom is 0.417 e. The van der Waals surface area contributed by atoms with Gasteiger partial charge in [-0.15, -0.1) is 0 Å². The highest BCUT2D eigenvalue weighted by molar-refractivity contribution is 7.81. The molecule has 72 valence electrons. The second-order valence-electron chi connectivity index (χ2n) is 2.27. The highest BCUT2D eigenvalue weighted by atomic mass is 32.1. The lowest BCUT2D eigenvalue weighted by molar-refractivity contribution is -0.137. The lowest BCUT2D eigenvalue weighted by Crippen LogP contribution is -2.07. The SMILES string of the molecule is Nc1cc(C(F)(F)F)cnc1NS. The molecule has 1 rings (SSSR count). The van der Waals surface area contributed by atoms with Crippen LogP contribution in [-0.4, -0.2) is 4.98 Å². The highest BCUT2D eigenvalue weighted by Crippen LogP contribution is 2.31. The highest BCUT2D eigenvalue weighted by Gasteiger charge is 2.31. The average Bonchev–Trinajstić information content (AvgIpc) is 2.02. The first-order valence-electron chi connectivity index (χ1n) is 3.18. The first-order valence-corrected chi connectivity index (χ1v) is 3.62. The van der Waals surface area contributed by atoms with Crippen LogP contribution in [-0.2, 0) is 6.18 Å². The van der Waals surface area contributed by atoms with Gasteiger partial charge in [0, 0.05) is 6.20 Å². The van der Waals surface area contributed by atoms with Crippen molar-refractivity contribution < 1.29 is 13.2 Å². The molecule has 0 aliphatic heterocycles. The molecule has 0 fully saturated rings. The van der Waals surface area contributed by atoms with Gasteiger partial charge in [0.2, 0.25) is 0 Å². The zero-order chi connectivity index (χ0) is 10.1. The summed E-state index contributed by atoms with van der Waals surface area (Å²) in [6.45, 7) is 0. The molecule has 0 spiro atoms. The molecule has 0 radical (unpaired) electrons. The first kappa shape index (κ1) is 9.97. The Kier molecular flexibility index (Phi) is 2.55. The number of thiol groups is 1. The minimum atomic E-state index is -4.42. The first-order chi connectivity index (χ1) is 5.95. The quantitative estimate of drug-likeness (QED) is 0.619. The minimum absolute atomic E-state index is 0.0928. The summed E-state index contributed by atoms with van der Waals surface area (Å²) in [5, 5.41) is 0. The van der Waals surface area contributed by atoms with Crippen LogP contribution in [0.5, 0.6) is 0 Å². The van der Waals surface area contributed by atoms with E-state index in [0.29, 0.717) is 6.20 Å². The summed E-state index contributed by atoms with van der Waals surface area (Å²) in [4.78, 5) is 3.43. The topological polar surface area (TPSA) is 50.9 Å². The second-order valence-corrected chi connectivity index (χ2v) is 2.49. The van der Waals surface area contributed by atoms with Crippen LogP contribution in [0.25, 0.3) is 0 Å². The molecule has 0 saturated heterocycles. The van der Waals surface area contributed by atoms with Gasteiger partial charge >= 0.3 is 6.18 Å². The number of rotatable bonds is 1. The van der Waals surface area contributed by atoms with Gasteiger partial charge in [0.25, 0.3) is 0 Å². The van der Waals surface area contributed by atoms with Crippen molar-refractivity contribution >= 4 is 24.3 Å². The van der Waals surface area contributed by atoms with E-state index in [1.807, 2.05) is 0 Å². The van der Waals surface area contributed by atoms with Gasteiger partial charge in [-0.25, -0.2) is 4.98 Å². The van der Waals surface area contributed by atoms with Gasteiger partial charge < -0.3 is 10.5 Å². The fourth-order valence-corrected chi connectivity index (χ4v) is 0.917. The number of nitrogens with zero attached hydrogens (tertiary/aromatic N) is 1. The number of halogens is 3. The van der Waals surface area contributed by atoms with Crippen LogP contribution in [0.4, 0.5) is 24.7 Å². The van der Waals surface area contributed by atoms with Crippen LogP contribution >= 0.6 is 12.8 Å². The van der Waals surface area contributed by atoms with Crippen molar-refractivity contribution in [1.82, 2.24) is 4.98 Å². The van der Waals surface area contributed by atoms with Crippen LogP contribution in [0, 0.1) is 0 Å². The number of hydrogen-bond donors (Lipinski definition) is 3. The standard InChI is InChI=1S/C6H6F3N3S/c7-6(8,9)3-1-4(10)5(12-13)11-2-3/h1-2,13H,10H2,(H,11,12). The predicted molar refractivity (Wildman–Crippen MR) is 46.3 cm³/mol. The van der Waals surface area contributed by atoms with E-state index in [4.69, 9.17) is 5.73 Å². The van der Waals surface area contributed by atoms with Gasteiger partial charge in [0.1, 0.15) is 0 Å². The monoisotopic (exact) mass is 209 g/mol. The number of nitrogens with one attached hydrogen (secondary N) is 1. The lowest BCUT2D eigenvalue weighted by Gasteiger charge is -2.08. The Morgan fingerprint density at radius 2 is 2.08 bits per heavy atom. The van der Waals surface area contributed by atoms with Crippen molar-refractivity contribution in [2.45, 2.75) is 6.18 Å². The number of aromatic nitrogens is 1. The van der Waals surface area contributed by atoms with Crippen LogP contribution in [0.3, 0.4) is 0 Å². The van der Waals surface area contributed by atoms with Crippen LogP contribution in [0.2, 0.25) is 0 Å². The summed E-state index contributed by atoms with van der Waals surface area (Å²) < 4.78 is 38.5. The molecule has 13 heavy (non-hydrogen) atoms. The van der Waals surface area contributed by atoms with E-state index in [2.05, 4.69) is 22.5 Å². The van der Waals surface area contributed by atoms with Gasteiger partial charge in [0.05, 0.1) is 11.3 Å². The van der Waals surface area contributed by atoms with Crippen molar-refractivity contribution in [2.75, 3.05) is 10.5 Å². The number of pyridine rings is 1. The van der Waals surface area contributed by atoms with E-state index >= 15 is 0 Å². The molecule has 1 heterocycles. The molecule has 3 nitrogen and oxygen atoms in total. The summed E-state index contributed by atoms with van der Waals surface area (Å²) >= 11 is 3.61. The molecule has 1 aromatic rings. The molecule has 0 unspecified atom stereocenters. The second kappa shape index (κ2) is 3.33. The molecule has 7 heteroatoms. The maximum absolute atomic E-state index is 12.1. The van der Waals surface area contributed by atoms with Crippen LogP contribution in [0.15, 0.2) is 12.3 Å². The Bertz CT molecular complexity index is 312. The van der Waals surface area contributed by atoms with E-state index in [1.165, 1.54) is 0 Å². The van der Waals surface area contributed by atoms with Crippen molar-refractivity contribution in [3.63, 3.8) is 0 Å². The van der Waals surface area contributed by atoms with E-state index in [-0.39, 0.29) is 11.5 Å². The summed E-state index contributed by atoms with van der Waals surface area (Å²) in [5.74, 6) is 0.108. The fraction of sp³-hybridized carbons (Fsp3) is 0.167. The number of nitrogen functional groups attached to an aromatic ring is 1. The Morgan fingerprint density at radius 1 is 1.46 bits per heavy atom. The van der Waals surface area contributed by atoms with Gasteiger partial charge in [-0.1, -0.05) is 12.8 Å². The van der Waals surface area contributed by atoms with Gasteiger partial charge in [-0.05, 0) is 6.07 Å². The van der Waals surface area contributed by atoms with E-state index in [1.54, 1.807) is 0 Å². The van der Waals surface area contributed by atoms with Gasteiger partial charge in [0.15, 0.2) is 5.82 Å². The molecular formula is C6H6F3N3S. The van der Waals surface area contributed by atoms with Gasteiger partial charge in [-0.3, -0.25) is 0 Å². The largest absolute Gasteiger partial charge is 0.417 e. The molecule has 0 aliphatic carbocycles. The third-order valence-corrected chi connectivity index (χ3v) is 1.56. The molecular weight excluding hydrogens is 203 g/mol. The Balaban J connectivity index is 3.10. The Morgan fingerprint density at radius 3 is 2.46 bits per heavy atom. The summed E-state index contributed by atoms with van der Waals surface area (Å²) in [5.41, 5.74) is 4.28. The molecule has 0 bridgehead atoms. The molecule has 0 aliphatic rings. The molecule has 0 atom stereocenters. The zero-order valence-electron chi connectivity index (χ0n) is 6.26. The summed E-state index contributed by atoms with van der Waals surface area (Å²) in [7, 11) is 0. The zero-order valence-corrected chi connectivity index (χ0v) is 7.15. The molecule has 0 amide bonds. The molecule has 0 saturated carbocycles. The van der Waals surface area contributed by atoms with Crippen molar-refractivity contribution in [3.8, 4) is 0 Å². The smallest absolute Gasteiger partial charge is 0.396 e. The number of hydrogen-bond acceptors (Lipinski definition) is 4. The third kappa shape index (κ3) is 2.18. The van der Waals surface area contributed by atoms with Crippen LogP contribution < -0.4 is 10.5 Å². The molecule has 3 N–H and O–H groups in total. The Hall–Kier alpha value is -1.11. The average molecular weight is 209 g/mol. The molecule has 0 aromatic carbocycles. The summed E-state index contributed by atoms with van der Waals surface area (Å²) in [6, 6.07) is 0.797. The summed E-state index contributed by atoms with van der Waals surface area (Å²) in [6.07, 6.45) is -3.73. The third-order valence-electron chi connectivity index (χ3n) is 1.35. The van der Waals surface area contributed by atoms with Crippen molar-refractivity contribution in [1.29, 1.82) is 0 Å². The minimum Gasteiger partial charge on any atom is -0.396 e. The van der Waals surface area contributed by atoms with Crippen LogP contribution in [0.1, 0.15) is 5.56 Å². The number of alkyl halides is 3. The number of nitrogens with two attached hydrogens (primary N) is 1. The van der Waals surface area contributed by atoms with Crippen molar-refractivity contribution in [2.24, 2.45) is 0 Å². The number of anilines is 2. The normalized spacial score (nSPS) is 11.4. The molecule has 1 aromatic heterocycles. The van der Waals surface area contributed by atoms with Crippen molar-refractivity contribution in [3.05, 3.63) is 17.8 Å². The fourth-order valence-electron chi connectivity index (χ4n) is 0.730. The van der Waals surface area contributed by atoms with E-state index in [9.17, 15) is 13.2 Å². The lowest BCUT2D eigenvalue weighted by atomic mass is 10.2. The maximum atomic E-state index is 12.1.